The summed E-state index contributed by atoms with van der Waals surface area (Å²) in [5.41, 5.74) is 1.43. The first kappa shape index (κ1) is 17.2. The molecular weight excluding hydrogens is 216 g/mol. The molecule has 0 heteroatoms. The summed E-state index contributed by atoms with van der Waals surface area (Å²) < 4.78 is 0. The van der Waals surface area contributed by atoms with E-state index in [9.17, 15) is 0 Å². The molecule has 0 radical (unpaired) electrons. The predicted octanol–water partition coefficient (Wildman–Crippen LogP) is 6.16. The molecule has 0 nitrogen and oxygen atoms in total. The highest BCUT2D eigenvalue weighted by atomic mass is 14.3. The van der Waals surface area contributed by atoms with Crippen molar-refractivity contribution >= 4 is 0 Å². The molecule has 0 rings (SSSR count). The Morgan fingerprint density at radius 1 is 0.944 bits per heavy atom. The summed E-state index contributed by atoms with van der Waals surface area (Å²) in [6.07, 6.45) is 12.5. The van der Waals surface area contributed by atoms with Crippen LogP contribution in [0.3, 0.4) is 0 Å². The SMILES string of the molecule is C=CCCC(C)C(CCC=C(C)C)C(C)CC=C. The first-order valence-corrected chi connectivity index (χ1v) is 7.38. The fraction of sp³-hybridized carbons (Fsp3) is 0.667. The second kappa shape index (κ2) is 10.2. The Kier molecular flexibility index (Phi) is 9.73. The molecule has 0 aliphatic carbocycles. The molecule has 0 bridgehead atoms. The summed E-state index contributed by atoms with van der Waals surface area (Å²) in [5.74, 6) is 2.33. The molecule has 104 valence electrons. The van der Waals surface area contributed by atoms with Gasteiger partial charge in [0, 0.05) is 0 Å². The van der Waals surface area contributed by atoms with Gasteiger partial charge in [-0.1, -0.05) is 37.6 Å². The van der Waals surface area contributed by atoms with Crippen molar-refractivity contribution in [3.8, 4) is 0 Å². The zero-order chi connectivity index (χ0) is 14.0. The third-order valence-electron chi connectivity index (χ3n) is 3.88. The minimum atomic E-state index is 0.743. The van der Waals surface area contributed by atoms with E-state index in [1.807, 2.05) is 6.08 Å². The first-order chi connectivity index (χ1) is 8.52. The lowest BCUT2D eigenvalue weighted by molar-refractivity contribution is 0.231. The molecule has 0 amide bonds. The summed E-state index contributed by atoms with van der Waals surface area (Å²) in [4.78, 5) is 0. The maximum Gasteiger partial charge on any atom is -0.0325 e. The van der Waals surface area contributed by atoms with Gasteiger partial charge in [0.05, 0.1) is 0 Å². The van der Waals surface area contributed by atoms with Crippen molar-refractivity contribution in [3.63, 3.8) is 0 Å². The second-order valence-electron chi connectivity index (χ2n) is 5.87. The van der Waals surface area contributed by atoms with Crippen LogP contribution in [0.2, 0.25) is 0 Å². The number of hydrogen-bond donors (Lipinski definition) is 0. The molecule has 3 unspecified atom stereocenters. The second-order valence-corrected chi connectivity index (χ2v) is 5.87. The van der Waals surface area contributed by atoms with Gasteiger partial charge in [-0.05, 0) is 63.7 Å². The molecule has 0 spiro atoms. The lowest BCUT2D eigenvalue weighted by Crippen LogP contribution is -2.19. The topological polar surface area (TPSA) is 0 Å². The molecule has 3 atom stereocenters. The van der Waals surface area contributed by atoms with Crippen LogP contribution in [0.1, 0.15) is 59.8 Å². The van der Waals surface area contributed by atoms with Gasteiger partial charge in [-0.15, -0.1) is 13.2 Å². The van der Waals surface area contributed by atoms with Crippen LogP contribution in [0.4, 0.5) is 0 Å². The van der Waals surface area contributed by atoms with Gasteiger partial charge in [-0.25, -0.2) is 0 Å². The fourth-order valence-electron chi connectivity index (χ4n) is 2.73. The van der Waals surface area contributed by atoms with E-state index in [1.165, 1.54) is 24.8 Å². The van der Waals surface area contributed by atoms with Gasteiger partial charge in [-0.3, -0.25) is 0 Å². The lowest BCUT2D eigenvalue weighted by Gasteiger charge is -2.29. The van der Waals surface area contributed by atoms with Gasteiger partial charge >= 0.3 is 0 Å². The zero-order valence-corrected chi connectivity index (χ0v) is 12.9. The largest absolute Gasteiger partial charge is 0.103 e. The van der Waals surface area contributed by atoms with Crippen molar-refractivity contribution < 1.29 is 0 Å². The maximum absolute atomic E-state index is 3.88. The number of rotatable bonds is 10. The quantitative estimate of drug-likeness (QED) is 0.406. The Bertz CT molecular complexity index is 255. The van der Waals surface area contributed by atoms with Crippen molar-refractivity contribution in [3.05, 3.63) is 37.0 Å². The van der Waals surface area contributed by atoms with Gasteiger partial charge < -0.3 is 0 Å². The normalized spacial score (nSPS) is 15.6. The van der Waals surface area contributed by atoms with E-state index in [4.69, 9.17) is 0 Å². The van der Waals surface area contributed by atoms with E-state index in [0.29, 0.717) is 0 Å². The lowest BCUT2D eigenvalue weighted by atomic mass is 9.77. The molecule has 0 saturated heterocycles. The van der Waals surface area contributed by atoms with Crippen LogP contribution in [-0.2, 0) is 0 Å². The summed E-state index contributed by atoms with van der Waals surface area (Å²) in [6.45, 7) is 16.9. The van der Waals surface area contributed by atoms with Crippen LogP contribution in [0.15, 0.2) is 37.0 Å². The number of hydrogen-bond acceptors (Lipinski definition) is 0. The van der Waals surface area contributed by atoms with E-state index in [2.05, 4.69) is 53.0 Å². The molecule has 0 aliphatic rings. The van der Waals surface area contributed by atoms with Crippen LogP contribution < -0.4 is 0 Å². The highest BCUT2D eigenvalue weighted by molar-refractivity contribution is 4.93. The maximum atomic E-state index is 3.88. The molecule has 0 N–H and O–H groups in total. The minimum Gasteiger partial charge on any atom is -0.103 e. The summed E-state index contributed by atoms with van der Waals surface area (Å²) >= 11 is 0. The molecular formula is C18H32. The standard InChI is InChI=1S/C18H32/c1-7-9-13-17(6)18(16(5)11-8-2)14-10-12-15(3)4/h7-8,12,16-18H,1-2,9-11,13-14H2,3-6H3. The average Bonchev–Trinajstić information content (AvgIpc) is 2.31. The third kappa shape index (κ3) is 7.53. The van der Waals surface area contributed by atoms with Crippen molar-refractivity contribution in [2.45, 2.75) is 59.8 Å². The third-order valence-corrected chi connectivity index (χ3v) is 3.88. The summed E-state index contributed by atoms with van der Waals surface area (Å²) in [5, 5.41) is 0. The van der Waals surface area contributed by atoms with Crippen molar-refractivity contribution in [2.75, 3.05) is 0 Å². The van der Waals surface area contributed by atoms with Crippen LogP contribution in [-0.4, -0.2) is 0 Å². The minimum absolute atomic E-state index is 0.743. The van der Waals surface area contributed by atoms with Gasteiger partial charge in [-0.2, -0.15) is 0 Å². The van der Waals surface area contributed by atoms with Crippen LogP contribution in [0.25, 0.3) is 0 Å². The molecule has 18 heavy (non-hydrogen) atoms. The van der Waals surface area contributed by atoms with Crippen LogP contribution in [0, 0.1) is 17.8 Å². The van der Waals surface area contributed by atoms with Gasteiger partial charge in [0.15, 0.2) is 0 Å². The van der Waals surface area contributed by atoms with E-state index >= 15 is 0 Å². The molecule has 0 aliphatic heterocycles. The van der Waals surface area contributed by atoms with Crippen LogP contribution in [0.5, 0.6) is 0 Å². The Hall–Kier alpha value is -0.780. The summed E-state index contributed by atoms with van der Waals surface area (Å²) in [7, 11) is 0. The van der Waals surface area contributed by atoms with Crippen molar-refractivity contribution in [1.82, 2.24) is 0 Å². The van der Waals surface area contributed by atoms with Gasteiger partial charge in [0.25, 0.3) is 0 Å². The molecule has 0 heterocycles. The number of allylic oxidation sites excluding steroid dienone is 4. The zero-order valence-electron chi connectivity index (χ0n) is 12.9. The molecule has 0 aromatic rings. The van der Waals surface area contributed by atoms with Gasteiger partial charge in [0.2, 0.25) is 0 Å². The molecule has 0 fully saturated rings. The monoisotopic (exact) mass is 248 g/mol. The summed E-state index contributed by atoms with van der Waals surface area (Å²) in [6, 6.07) is 0. The fourth-order valence-corrected chi connectivity index (χ4v) is 2.73. The van der Waals surface area contributed by atoms with E-state index in [-0.39, 0.29) is 0 Å². The van der Waals surface area contributed by atoms with E-state index in [1.54, 1.807) is 0 Å². The Balaban J connectivity index is 4.44. The Morgan fingerprint density at radius 3 is 2.11 bits per heavy atom. The van der Waals surface area contributed by atoms with Crippen molar-refractivity contribution in [1.29, 1.82) is 0 Å². The predicted molar refractivity (Wildman–Crippen MR) is 84.7 cm³/mol. The highest BCUT2D eigenvalue weighted by Crippen LogP contribution is 2.31. The molecule has 0 saturated carbocycles. The molecule has 0 aromatic carbocycles. The van der Waals surface area contributed by atoms with Crippen LogP contribution >= 0.6 is 0 Å². The van der Waals surface area contributed by atoms with E-state index < -0.39 is 0 Å². The van der Waals surface area contributed by atoms with Gasteiger partial charge in [0.1, 0.15) is 0 Å². The Labute approximate surface area is 115 Å². The smallest absolute Gasteiger partial charge is 0.0325 e. The Morgan fingerprint density at radius 2 is 1.61 bits per heavy atom. The van der Waals surface area contributed by atoms with E-state index in [0.717, 1.165) is 30.6 Å². The first-order valence-electron chi connectivity index (χ1n) is 7.38. The molecule has 0 aromatic heterocycles. The average molecular weight is 248 g/mol. The van der Waals surface area contributed by atoms with Crippen molar-refractivity contribution in [2.24, 2.45) is 17.8 Å². The highest BCUT2D eigenvalue weighted by Gasteiger charge is 2.21.